The normalized spacial score (nSPS) is 12.3. The number of ether oxygens (including phenoxy) is 2. The van der Waals surface area contributed by atoms with Crippen molar-refractivity contribution in [1.29, 1.82) is 0 Å². The second-order valence-electron chi connectivity index (χ2n) is 4.61. The zero-order chi connectivity index (χ0) is 13.2. The Bertz CT molecular complexity index is 487. The lowest BCUT2D eigenvalue weighted by Crippen LogP contribution is -2.49. The largest absolute Gasteiger partial charge is 0.351 e. The first kappa shape index (κ1) is 14.0. The molecule has 98 valence electrons. The van der Waals surface area contributed by atoms with Gasteiger partial charge in [0.1, 0.15) is 8.07 Å². The first-order chi connectivity index (χ1) is 8.59. The van der Waals surface area contributed by atoms with Gasteiger partial charge in [0.15, 0.2) is 6.29 Å². The summed E-state index contributed by atoms with van der Waals surface area (Å²) in [5.41, 5.74) is 0. The van der Waals surface area contributed by atoms with E-state index >= 15 is 0 Å². The molecule has 5 heteroatoms. The van der Waals surface area contributed by atoms with Crippen LogP contribution in [-0.2, 0) is 9.47 Å². The van der Waals surface area contributed by atoms with E-state index in [2.05, 4.69) is 42.7 Å². The molecule has 0 aromatic carbocycles. The van der Waals surface area contributed by atoms with E-state index < -0.39 is 8.07 Å². The lowest BCUT2D eigenvalue weighted by molar-refractivity contribution is -0.103. The Morgan fingerprint density at radius 1 is 1.06 bits per heavy atom. The minimum atomic E-state index is -1.53. The van der Waals surface area contributed by atoms with Gasteiger partial charge in [-0.25, -0.2) is 0 Å². The molecule has 2 nitrogen and oxygen atoms in total. The Balaban J connectivity index is 2.30. The van der Waals surface area contributed by atoms with Crippen LogP contribution in [-0.4, -0.2) is 22.3 Å². The number of thiophene rings is 2. The number of methoxy groups -OCH3 is 2. The van der Waals surface area contributed by atoms with Gasteiger partial charge in [0, 0.05) is 14.2 Å². The predicted octanol–water partition coefficient (Wildman–Crippen LogP) is 2.92. The van der Waals surface area contributed by atoms with Gasteiger partial charge in [-0.1, -0.05) is 31.3 Å². The van der Waals surface area contributed by atoms with Gasteiger partial charge in [-0.3, -0.25) is 0 Å². The van der Waals surface area contributed by atoms with Crippen LogP contribution in [0.2, 0.25) is 13.1 Å². The van der Waals surface area contributed by atoms with Crippen LogP contribution in [0.4, 0.5) is 0 Å². The van der Waals surface area contributed by atoms with E-state index in [0.29, 0.717) is 0 Å². The van der Waals surface area contributed by atoms with E-state index in [-0.39, 0.29) is 6.29 Å². The van der Waals surface area contributed by atoms with E-state index in [1.807, 2.05) is 22.7 Å². The van der Waals surface area contributed by atoms with E-state index in [0.717, 1.165) is 4.88 Å². The van der Waals surface area contributed by atoms with Crippen molar-refractivity contribution in [2.75, 3.05) is 14.2 Å². The van der Waals surface area contributed by atoms with Crippen molar-refractivity contribution in [2.45, 2.75) is 19.4 Å². The fourth-order valence-corrected chi connectivity index (χ4v) is 8.04. The van der Waals surface area contributed by atoms with Crippen LogP contribution in [0, 0.1) is 0 Å². The molecular formula is C13H18O2S2Si. The molecule has 2 aromatic rings. The maximum Gasteiger partial charge on any atom is 0.192 e. The maximum atomic E-state index is 5.31. The third-order valence-electron chi connectivity index (χ3n) is 3.04. The highest BCUT2D eigenvalue weighted by molar-refractivity contribution is 7.36. The molecule has 0 bridgehead atoms. The molecule has 0 atom stereocenters. The van der Waals surface area contributed by atoms with Crippen molar-refractivity contribution in [2.24, 2.45) is 0 Å². The van der Waals surface area contributed by atoms with Crippen molar-refractivity contribution in [3.63, 3.8) is 0 Å². The summed E-state index contributed by atoms with van der Waals surface area (Å²) in [6.45, 7) is 4.78. The summed E-state index contributed by atoms with van der Waals surface area (Å²) in [6, 6.07) is 8.74. The molecule has 0 aliphatic rings. The number of hydrogen-bond acceptors (Lipinski definition) is 4. The van der Waals surface area contributed by atoms with Crippen molar-refractivity contribution in [3.05, 3.63) is 34.5 Å². The molecule has 0 spiro atoms. The highest BCUT2D eigenvalue weighted by atomic mass is 32.1. The molecule has 2 heterocycles. The molecule has 2 rings (SSSR count). The number of rotatable bonds is 5. The summed E-state index contributed by atoms with van der Waals surface area (Å²) in [6.07, 6.45) is -0.239. The Morgan fingerprint density at radius 3 is 2.33 bits per heavy atom. The third-order valence-corrected chi connectivity index (χ3v) is 11.2. The van der Waals surface area contributed by atoms with Gasteiger partial charge in [0.05, 0.1) is 4.88 Å². The van der Waals surface area contributed by atoms with Gasteiger partial charge in [0.2, 0.25) is 0 Å². The monoisotopic (exact) mass is 298 g/mol. The SMILES string of the molecule is COC(OC)c1ccc([Si](C)(C)c2cccs2)s1. The van der Waals surface area contributed by atoms with E-state index in [4.69, 9.17) is 9.47 Å². The van der Waals surface area contributed by atoms with Crippen molar-refractivity contribution >= 4 is 39.7 Å². The summed E-state index contributed by atoms with van der Waals surface area (Å²) in [5.74, 6) is 0. The van der Waals surface area contributed by atoms with Crippen LogP contribution < -0.4 is 9.00 Å². The second-order valence-corrected chi connectivity index (χ2v) is 11.7. The van der Waals surface area contributed by atoms with E-state index in [9.17, 15) is 0 Å². The topological polar surface area (TPSA) is 18.5 Å². The van der Waals surface area contributed by atoms with Crippen LogP contribution >= 0.6 is 22.7 Å². The molecule has 18 heavy (non-hydrogen) atoms. The van der Waals surface area contributed by atoms with Crippen LogP contribution in [0.3, 0.4) is 0 Å². The van der Waals surface area contributed by atoms with Crippen LogP contribution in [0.25, 0.3) is 0 Å². The van der Waals surface area contributed by atoms with Crippen molar-refractivity contribution < 1.29 is 9.47 Å². The minimum absolute atomic E-state index is 0.239. The maximum absolute atomic E-state index is 5.31. The summed E-state index contributed by atoms with van der Waals surface area (Å²) in [4.78, 5) is 1.15. The molecule has 0 aliphatic heterocycles. The fraction of sp³-hybridized carbons (Fsp3) is 0.385. The van der Waals surface area contributed by atoms with Crippen LogP contribution in [0.15, 0.2) is 29.6 Å². The first-order valence-corrected chi connectivity index (χ1v) is 10.5. The predicted molar refractivity (Wildman–Crippen MR) is 82.1 cm³/mol. The third kappa shape index (κ3) is 2.60. The lowest BCUT2D eigenvalue weighted by atomic mass is 10.4. The molecule has 0 radical (unpaired) electrons. The molecule has 0 amide bonds. The Morgan fingerprint density at radius 2 is 1.78 bits per heavy atom. The summed E-state index contributed by atoms with van der Waals surface area (Å²) < 4.78 is 13.6. The minimum Gasteiger partial charge on any atom is -0.351 e. The van der Waals surface area contributed by atoms with Crippen molar-refractivity contribution in [1.82, 2.24) is 0 Å². The molecule has 0 fully saturated rings. The van der Waals surface area contributed by atoms with Gasteiger partial charge >= 0.3 is 0 Å². The summed E-state index contributed by atoms with van der Waals surface area (Å²) in [5, 5.41) is 2.16. The molecule has 0 saturated heterocycles. The quantitative estimate of drug-likeness (QED) is 0.624. The molecule has 0 unspecified atom stereocenters. The van der Waals surface area contributed by atoms with Crippen molar-refractivity contribution in [3.8, 4) is 0 Å². The summed E-state index contributed by atoms with van der Waals surface area (Å²) >= 11 is 3.67. The average Bonchev–Trinajstić information content (AvgIpc) is 3.02. The highest BCUT2D eigenvalue weighted by Crippen LogP contribution is 2.23. The summed E-state index contributed by atoms with van der Waals surface area (Å²) in [7, 11) is 1.82. The Labute approximate surface area is 117 Å². The van der Waals surface area contributed by atoms with Crippen LogP contribution in [0.5, 0.6) is 0 Å². The Hall–Kier alpha value is -0.463. The van der Waals surface area contributed by atoms with Gasteiger partial charge < -0.3 is 9.47 Å². The van der Waals surface area contributed by atoms with Gasteiger partial charge in [-0.2, -0.15) is 11.3 Å². The molecule has 0 saturated carbocycles. The van der Waals surface area contributed by atoms with E-state index in [1.165, 1.54) is 9.00 Å². The van der Waals surface area contributed by atoms with Gasteiger partial charge in [-0.15, -0.1) is 11.3 Å². The first-order valence-electron chi connectivity index (χ1n) is 5.79. The fourth-order valence-electron chi connectivity index (χ4n) is 1.90. The van der Waals surface area contributed by atoms with E-state index in [1.54, 1.807) is 14.2 Å². The smallest absolute Gasteiger partial charge is 0.192 e. The van der Waals surface area contributed by atoms with Gasteiger partial charge in [0.25, 0.3) is 0 Å². The molecule has 0 aliphatic carbocycles. The molecule has 0 N–H and O–H groups in total. The highest BCUT2D eigenvalue weighted by Gasteiger charge is 2.29. The zero-order valence-electron chi connectivity index (χ0n) is 11.1. The average molecular weight is 299 g/mol. The van der Waals surface area contributed by atoms with Crippen LogP contribution in [0.1, 0.15) is 11.2 Å². The number of hydrogen-bond donors (Lipinski definition) is 0. The zero-order valence-corrected chi connectivity index (χ0v) is 13.7. The molecule has 2 aromatic heterocycles. The lowest BCUT2D eigenvalue weighted by Gasteiger charge is -2.19. The standard InChI is InChI=1S/C13H18O2S2Si/c1-14-13(15-2)10-7-8-12(17-10)18(3,4)11-6-5-9-16-11/h5-9,13H,1-4H3. The molecular weight excluding hydrogens is 280 g/mol. The Kier molecular flexibility index (Phi) is 4.40. The second kappa shape index (κ2) is 5.67. The van der Waals surface area contributed by atoms with Gasteiger partial charge in [-0.05, 0) is 20.4 Å².